The topological polar surface area (TPSA) is 110 Å². The third-order valence-electron chi connectivity index (χ3n) is 5.69. The van der Waals surface area contributed by atoms with Gasteiger partial charge in [0, 0.05) is 20.6 Å². The molecule has 0 spiro atoms. The first-order valence-corrected chi connectivity index (χ1v) is 11.8. The van der Waals surface area contributed by atoms with Crippen LogP contribution in [0, 0.1) is 11.8 Å². The summed E-state index contributed by atoms with van der Waals surface area (Å²) in [5.74, 6) is -0.818. The third-order valence-corrected chi connectivity index (χ3v) is 7.52. The quantitative estimate of drug-likeness (QED) is 0.317. The number of nitrogens with zero attached hydrogens (tertiary/aromatic N) is 2. The van der Waals surface area contributed by atoms with Gasteiger partial charge in [0.2, 0.25) is 21.8 Å². The Labute approximate surface area is 182 Å². The summed E-state index contributed by atoms with van der Waals surface area (Å²) >= 11 is 0. The maximum Gasteiger partial charge on any atom is 0.307 e. The van der Waals surface area contributed by atoms with Crippen molar-refractivity contribution in [1.29, 1.82) is 0 Å². The van der Waals surface area contributed by atoms with Gasteiger partial charge in [-0.15, -0.1) is 0 Å². The normalized spacial score (nSPS) is 21.3. The molecule has 2 unspecified atom stereocenters. The lowest BCUT2D eigenvalue weighted by Gasteiger charge is -2.19. The lowest BCUT2D eigenvalue weighted by Crippen LogP contribution is -2.33. The Morgan fingerprint density at radius 3 is 2.16 bits per heavy atom. The maximum absolute atomic E-state index is 12.4. The number of rotatable bonds is 9. The van der Waals surface area contributed by atoms with Crippen LogP contribution in [0.1, 0.15) is 32.1 Å². The van der Waals surface area contributed by atoms with Gasteiger partial charge in [-0.05, 0) is 37.1 Å². The molecule has 1 heterocycles. The van der Waals surface area contributed by atoms with E-state index in [1.54, 1.807) is 0 Å². The van der Waals surface area contributed by atoms with Gasteiger partial charge in [-0.1, -0.05) is 12.8 Å². The van der Waals surface area contributed by atoms with E-state index in [2.05, 4.69) is 0 Å². The third kappa shape index (κ3) is 5.24. The zero-order valence-electron chi connectivity index (χ0n) is 17.8. The average molecular weight is 453 g/mol. The molecule has 2 atom stereocenters. The van der Waals surface area contributed by atoms with Gasteiger partial charge in [0.05, 0.1) is 23.2 Å². The molecule has 1 aromatic rings. The van der Waals surface area contributed by atoms with Crippen LogP contribution < -0.4 is 4.74 Å². The molecule has 1 aromatic carbocycles. The van der Waals surface area contributed by atoms with Crippen molar-refractivity contribution in [2.24, 2.45) is 11.8 Å². The SMILES string of the molecule is CN(C)S(=O)(=O)c1ccc(OCCOC(=O)CCN2C(=O)C3CCCCC3C2=O)cc1. The molecule has 1 saturated carbocycles. The van der Waals surface area contributed by atoms with Crippen molar-refractivity contribution in [2.45, 2.75) is 37.0 Å². The van der Waals surface area contributed by atoms with E-state index < -0.39 is 16.0 Å². The van der Waals surface area contributed by atoms with Crippen LogP contribution in [0.3, 0.4) is 0 Å². The summed E-state index contributed by atoms with van der Waals surface area (Å²) in [6.07, 6.45) is 3.37. The summed E-state index contributed by atoms with van der Waals surface area (Å²) in [4.78, 5) is 38.1. The number of likely N-dealkylation sites (tertiary alicyclic amines) is 1. The van der Waals surface area contributed by atoms with Crippen LogP contribution in [-0.4, -0.2) is 69.3 Å². The first kappa shape index (κ1) is 23.2. The Bertz CT molecular complexity index is 904. The van der Waals surface area contributed by atoms with Crippen LogP contribution in [-0.2, 0) is 29.1 Å². The zero-order valence-corrected chi connectivity index (χ0v) is 18.6. The van der Waals surface area contributed by atoms with E-state index in [4.69, 9.17) is 9.47 Å². The summed E-state index contributed by atoms with van der Waals surface area (Å²) in [7, 11) is -0.592. The van der Waals surface area contributed by atoms with E-state index in [0.29, 0.717) is 5.75 Å². The van der Waals surface area contributed by atoms with Gasteiger partial charge < -0.3 is 9.47 Å². The fraction of sp³-hybridized carbons (Fsp3) is 0.571. The summed E-state index contributed by atoms with van der Waals surface area (Å²) < 4.78 is 35.8. The maximum atomic E-state index is 12.4. The Hall–Kier alpha value is -2.46. The number of ether oxygens (including phenoxy) is 2. The van der Waals surface area contributed by atoms with Crippen molar-refractivity contribution < 1.29 is 32.3 Å². The highest BCUT2D eigenvalue weighted by Gasteiger charge is 2.47. The van der Waals surface area contributed by atoms with Crippen molar-refractivity contribution in [3.05, 3.63) is 24.3 Å². The van der Waals surface area contributed by atoms with Crippen molar-refractivity contribution in [3.63, 3.8) is 0 Å². The molecule has 0 aromatic heterocycles. The van der Waals surface area contributed by atoms with Gasteiger partial charge in [-0.25, -0.2) is 12.7 Å². The Kier molecular flexibility index (Phi) is 7.32. The number of benzene rings is 1. The summed E-state index contributed by atoms with van der Waals surface area (Å²) in [6.45, 7) is 0.146. The molecule has 2 amide bonds. The van der Waals surface area contributed by atoms with E-state index in [9.17, 15) is 22.8 Å². The fourth-order valence-corrected chi connectivity index (χ4v) is 4.86. The minimum Gasteiger partial charge on any atom is -0.490 e. The zero-order chi connectivity index (χ0) is 22.6. The standard InChI is InChI=1S/C21H28N2O7S/c1-22(2)31(27,28)16-9-7-15(8-10-16)29-13-14-30-19(24)11-12-23-20(25)17-5-3-4-6-18(17)21(23)26/h7-10,17-18H,3-6,11-14H2,1-2H3. The number of esters is 1. The van der Waals surface area contributed by atoms with Crippen LogP contribution in [0.4, 0.5) is 0 Å². The van der Waals surface area contributed by atoms with Crippen LogP contribution in [0.25, 0.3) is 0 Å². The Balaban J connectivity index is 1.38. The van der Waals surface area contributed by atoms with Gasteiger partial charge in [0.15, 0.2) is 0 Å². The van der Waals surface area contributed by atoms with Crippen molar-refractivity contribution in [1.82, 2.24) is 9.21 Å². The molecule has 2 fully saturated rings. The van der Waals surface area contributed by atoms with Crippen LogP contribution in [0.5, 0.6) is 5.75 Å². The van der Waals surface area contributed by atoms with Crippen molar-refractivity contribution in [3.8, 4) is 5.75 Å². The highest BCUT2D eigenvalue weighted by atomic mass is 32.2. The molecule has 2 aliphatic rings. The lowest BCUT2D eigenvalue weighted by molar-refractivity contribution is -0.146. The molecule has 170 valence electrons. The molecule has 31 heavy (non-hydrogen) atoms. The molecule has 1 saturated heterocycles. The molecule has 0 bridgehead atoms. The molecule has 0 radical (unpaired) electrons. The van der Waals surface area contributed by atoms with Crippen molar-refractivity contribution in [2.75, 3.05) is 33.9 Å². The number of carbonyl (C=O) groups is 3. The second kappa shape index (κ2) is 9.78. The second-order valence-electron chi connectivity index (χ2n) is 7.90. The van der Waals surface area contributed by atoms with Crippen LogP contribution in [0.2, 0.25) is 0 Å². The van der Waals surface area contributed by atoms with E-state index in [-0.39, 0.29) is 54.7 Å². The number of carbonyl (C=O) groups excluding carboxylic acids is 3. The molecule has 10 heteroatoms. The van der Waals surface area contributed by atoms with E-state index in [1.807, 2.05) is 0 Å². The lowest BCUT2D eigenvalue weighted by atomic mass is 9.81. The fourth-order valence-electron chi connectivity index (χ4n) is 3.96. The Morgan fingerprint density at radius 1 is 1.03 bits per heavy atom. The summed E-state index contributed by atoms with van der Waals surface area (Å²) in [5, 5.41) is 0. The molecule has 9 nitrogen and oxygen atoms in total. The highest BCUT2D eigenvalue weighted by Crippen LogP contribution is 2.37. The van der Waals surface area contributed by atoms with E-state index in [1.165, 1.54) is 43.3 Å². The molecular formula is C21H28N2O7S. The van der Waals surface area contributed by atoms with E-state index >= 15 is 0 Å². The minimum atomic E-state index is -3.50. The summed E-state index contributed by atoms with van der Waals surface area (Å²) in [6, 6.07) is 5.95. The molecular weight excluding hydrogens is 424 g/mol. The molecule has 1 aliphatic heterocycles. The monoisotopic (exact) mass is 452 g/mol. The average Bonchev–Trinajstić information content (AvgIpc) is 3.00. The number of sulfonamides is 1. The number of imide groups is 1. The first-order chi connectivity index (χ1) is 14.7. The molecule has 0 N–H and O–H groups in total. The minimum absolute atomic E-state index is 0.00369. The smallest absolute Gasteiger partial charge is 0.307 e. The largest absolute Gasteiger partial charge is 0.490 e. The first-order valence-electron chi connectivity index (χ1n) is 10.4. The Morgan fingerprint density at radius 2 is 1.61 bits per heavy atom. The van der Waals surface area contributed by atoms with Crippen molar-refractivity contribution >= 4 is 27.8 Å². The predicted molar refractivity (Wildman–Crippen MR) is 111 cm³/mol. The number of hydrogen-bond acceptors (Lipinski definition) is 7. The summed E-state index contributed by atoms with van der Waals surface area (Å²) in [5.41, 5.74) is 0. The van der Waals surface area contributed by atoms with Gasteiger partial charge >= 0.3 is 5.97 Å². The molecule has 3 rings (SSSR count). The van der Waals surface area contributed by atoms with Crippen LogP contribution >= 0.6 is 0 Å². The van der Waals surface area contributed by atoms with Crippen LogP contribution in [0.15, 0.2) is 29.2 Å². The van der Waals surface area contributed by atoms with Gasteiger partial charge in [0.1, 0.15) is 19.0 Å². The predicted octanol–water partition coefficient (Wildman–Crippen LogP) is 1.42. The number of hydrogen-bond donors (Lipinski definition) is 0. The van der Waals surface area contributed by atoms with Gasteiger partial charge in [-0.3, -0.25) is 19.3 Å². The highest BCUT2D eigenvalue weighted by molar-refractivity contribution is 7.89. The number of amides is 2. The van der Waals surface area contributed by atoms with E-state index in [0.717, 1.165) is 30.0 Å². The molecule has 1 aliphatic carbocycles. The second-order valence-corrected chi connectivity index (χ2v) is 10.1. The number of fused-ring (bicyclic) bond motifs is 1. The van der Waals surface area contributed by atoms with Gasteiger partial charge in [0.25, 0.3) is 0 Å². The van der Waals surface area contributed by atoms with Gasteiger partial charge in [-0.2, -0.15) is 0 Å².